The molecule has 138 valence electrons. The number of halogens is 1. The first kappa shape index (κ1) is 18.6. The van der Waals surface area contributed by atoms with Gasteiger partial charge in [0.2, 0.25) is 0 Å². The van der Waals surface area contributed by atoms with E-state index in [1.807, 2.05) is 25.1 Å². The van der Waals surface area contributed by atoms with Gasteiger partial charge in [0.15, 0.2) is 0 Å². The molecule has 2 N–H and O–H groups in total. The zero-order chi connectivity index (χ0) is 18.4. The molecule has 0 atom stereocenters. The van der Waals surface area contributed by atoms with Crippen LogP contribution in [0.1, 0.15) is 16.1 Å². The van der Waals surface area contributed by atoms with E-state index in [0.717, 1.165) is 50.6 Å². The Balaban J connectivity index is 1.49. The van der Waals surface area contributed by atoms with E-state index in [-0.39, 0.29) is 5.91 Å². The van der Waals surface area contributed by atoms with Crippen LogP contribution in [-0.4, -0.2) is 55.2 Å². The van der Waals surface area contributed by atoms with Crippen molar-refractivity contribution in [1.82, 2.24) is 9.88 Å². The fraction of sp³-hybridized carbons (Fsp3) is 0.368. The molecule has 0 saturated carbocycles. The first-order chi connectivity index (χ1) is 12.6. The Morgan fingerprint density at radius 2 is 2.00 bits per heavy atom. The monoisotopic (exact) mass is 374 g/mol. The molecule has 1 aromatic heterocycles. The van der Waals surface area contributed by atoms with E-state index < -0.39 is 0 Å². The van der Waals surface area contributed by atoms with Crippen LogP contribution in [0, 0.1) is 6.92 Å². The lowest BCUT2D eigenvalue weighted by Gasteiger charge is -2.26. The summed E-state index contributed by atoms with van der Waals surface area (Å²) >= 11 is 6.08. The number of rotatable bonds is 6. The molecule has 2 aromatic rings. The SMILES string of the molecule is Cc1ccc(NC(=O)c2ccc(NCCN3CCOCC3)cn2)cc1Cl. The second-order valence-electron chi connectivity index (χ2n) is 6.23. The standard InChI is InChI=1S/C19H23ClN4O2/c1-14-2-3-15(12-17(14)20)23-19(25)18-5-4-16(13-22-18)21-6-7-24-8-10-26-11-9-24/h2-5,12-13,21H,6-11H2,1H3,(H,23,25). The lowest BCUT2D eigenvalue weighted by atomic mass is 10.2. The van der Waals surface area contributed by atoms with Gasteiger partial charge in [0.25, 0.3) is 5.91 Å². The van der Waals surface area contributed by atoms with Crippen LogP contribution in [0.15, 0.2) is 36.5 Å². The maximum atomic E-state index is 12.3. The molecule has 0 aliphatic carbocycles. The molecule has 1 aliphatic rings. The Hall–Kier alpha value is -2.15. The maximum Gasteiger partial charge on any atom is 0.274 e. The molecule has 0 radical (unpaired) electrons. The van der Waals surface area contributed by atoms with Crippen LogP contribution in [0.3, 0.4) is 0 Å². The van der Waals surface area contributed by atoms with Crippen molar-refractivity contribution in [2.45, 2.75) is 6.92 Å². The number of morpholine rings is 1. The van der Waals surface area contributed by atoms with E-state index in [1.54, 1.807) is 18.3 Å². The number of aryl methyl sites for hydroxylation is 1. The van der Waals surface area contributed by atoms with E-state index >= 15 is 0 Å². The Kier molecular flexibility index (Phi) is 6.44. The summed E-state index contributed by atoms with van der Waals surface area (Å²) in [7, 11) is 0. The highest BCUT2D eigenvalue weighted by atomic mass is 35.5. The van der Waals surface area contributed by atoms with Gasteiger partial charge in [-0.1, -0.05) is 17.7 Å². The number of carbonyl (C=O) groups is 1. The van der Waals surface area contributed by atoms with Gasteiger partial charge < -0.3 is 15.4 Å². The van der Waals surface area contributed by atoms with E-state index in [2.05, 4.69) is 20.5 Å². The fourth-order valence-electron chi connectivity index (χ4n) is 2.68. The second-order valence-corrected chi connectivity index (χ2v) is 6.64. The number of nitrogens with zero attached hydrogens (tertiary/aromatic N) is 2. The molecule has 0 bridgehead atoms. The lowest BCUT2D eigenvalue weighted by molar-refractivity contribution is 0.0398. The molecule has 1 aromatic carbocycles. The van der Waals surface area contributed by atoms with E-state index in [1.165, 1.54) is 0 Å². The zero-order valence-corrected chi connectivity index (χ0v) is 15.6. The Morgan fingerprint density at radius 3 is 2.69 bits per heavy atom. The van der Waals surface area contributed by atoms with Crippen molar-refractivity contribution < 1.29 is 9.53 Å². The van der Waals surface area contributed by atoms with Gasteiger partial charge >= 0.3 is 0 Å². The molecule has 1 fully saturated rings. The van der Waals surface area contributed by atoms with Crippen molar-refractivity contribution in [3.63, 3.8) is 0 Å². The van der Waals surface area contributed by atoms with Crippen LogP contribution in [0.4, 0.5) is 11.4 Å². The number of hydrogen-bond donors (Lipinski definition) is 2. The van der Waals surface area contributed by atoms with Crippen LogP contribution in [0.5, 0.6) is 0 Å². The number of aromatic nitrogens is 1. The maximum absolute atomic E-state index is 12.3. The van der Waals surface area contributed by atoms with Gasteiger partial charge in [-0.2, -0.15) is 0 Å². The third kappa shape index (κ3) is 5.17. The number of carbonyl (C=O) groups excluding carboxylic acids is 1. The zero-order valence-electron chi connectivity index (χ0n) is 14.8. The quantitative estimate of drug-likeness (QED) is 0.813. The Labute approximate surface area is 158 Å². The largest absolute Gasteiger partial charge is 0.383 e. The molecular formula is C19H23ClN4O2. The number of nitrogens with one attached hydrogen (secondary N) is 2. The first-order valence-electron chi connectivity index (χ1n) is 8.69. The number of benzene rings is 1. The number of pyridine rings is 1. The minimum absolute atomic E-state index is 0.259. The van der Waals surface area contributed by atoms with E-state index in [9.17, 15) is 4.79 Å². The van der Waals surface area contributed by atoms with E-state index in [4.69, 9.17) is 16.3 Å². The summed E-state index contributed by atoms with van der Waals surface area (Å²) in [6.07, 6.45) is 1.68. The molecule has 7 heteroatoms. The molecule has 1 amide bonds. The average molecular weight is 375 g/mol. The van der Waals surface area contributed by atoms with Crippen LogP contribution in [0.25, 0.3) is 0 Å². The summed E-state index contributed by atoms with van der Waals surface area (Å²) in [6.45, 7) is 7.26. The summed E-state index contributed by atoms with van der Waals surface area (Å²) in [6, 6.07) is 9.00. The van der Waals surface area contributed by atoms with Gasteiger partial charge in [0.1, 0.15) is 5.69 Å². The van der Waals surface area contributed by atoms with Crippen molar-refractivity contribution in [2.24, 2.45) is 0 Å². The third-order valence-corrected chi connectivity index (χ3v) is 4.69. The van der Waals surface area contributed by atoms with Crippen molar-refractivity contribution in [2.75, 3.05) is 50.0 Å². The number of hydrogen-bond acceptors (Lipinski definition) is 5. The van der Waals surface area contributed by atoms with Gasteiger partial charge in [-0.25, -0.2) is 4.98 Å². The molecule has 26 heavy (non-hydrogen) atoms. The number of anilines is 2. The average Bonchev–Trinajstić information content (AvgIpc) is 2.66. The van der Waals surface area contributed by atoms with Gasteiger partial charge in [-0.3, -0.25) is 9.69 Å². The van der Waals surface area contributed by atoms with Crippen LogP contribution in [0.2, 0.25) is 5.02 Å². The number of ether oxygens (including phenoxy) is 1. The van der Waals surface area contributed by atoms with Crippen LogP contribution < -0.4 is 10.6 Å². The summed E-state index contributed by atoms with van der Waals surface area (Å²) in [5.74, 6) is -0.259. The van der Waals surface area contributed by atoms with Crippen molar-refractivity contribution in [3.05, 3.63) is 52.8 Å². The molecule has 3 rings (SSSR count). The van der Waals surface area contributed by atoms with Gasteiger partial charge in [0, 0.05) is 36.9 Å². The molecule has 1 saturated heterocycles. The fourth-order valence-corrected chi connectivity index (χ4v) is 2.86. The molecule has 0 spiro atoms. The highest BCUT2D eigenvalue weighted by Gasteiger charge is 2.10. The van der Waals surface area contributed by atoms with Crippen molar-refractivity contribution in [3.8, 4) is 0 Å². The van der Waals surface area contributed by atoms with Crippen molar-refractivity contribution in [1.29, 1.82) is 0 Å². The lowest BCUT2D eigenvalue weighted by Crippen LogP contribution is -2.39. The van der Waals surface area contributed by atoms with Gasteiger partial charge in [0.05, 0.1) is 25.1 Å². The third-order valence-electron chi connectivity index (χ3n) is 4.29. The van der Waals surface area contributed by atoms with Crippen LogP contribution in [-0.2, 0) is 4.74 Å². The van der Waals surface area contributed by atoms with E-state index in [0.29, 0.717) is 16.4 Å². The van der Waals surface area contributed by atoms with Crippen molar-refractivity contribution >= 4 is 28.9 Å². The van der Waals surface area contributed by atoms with Gasteiger partial charge in [-0.15, -0.1) is 0 Å². The molecular weight excluding hydrogens is 352 g/mol. The highest BCUT2D eigenvalue weighted by Crippen LogP contribution is 2.20. The normalized spacial score (nSPS) is 14.8. The minimum atomic E-state index is -0.259. The van der Waals surface area contributed by atoms with Gasteiger partial charge in [-0.05, 0) is 36.8 Å². The molecule has 2 heterocycles. The predicted octanol–water partition coefficient (Wildman–Crippen LogP) is 3.04. The molecule has 6 nitrogen and oxygen atoms in total. The smallest absolute Gasteiger partial charge is 0.274 e. The Morgan fingerprint density at radius 1 is 1.23 bits per heavy atom. The topological polar surface area (TPSA) is 66.5 Å². The predicted molar refractivity (Wildman–Crippen MR) is 104 cm³/mol. The summed E-state index contributed by atoms with van der Waals surface area (Å²) in [5.41, 5.74) is 2.88. The van der Waals surface area contributed by atoms with Crippen LogP contribution >= 0.6 is 11.6 Å². The minimum Gasteiger partial charge on any atom is -0.383 e. The molecule has 0 unspecified atom stereocenters. The summed E-state index contributed by atoms with van der Waals surface area (Å²) in [4.78, 5) is 18.9. The Bertz CT molecular complexity index is 746. The second kappa shape index (κ2) is 8.98. The highest BCUT2D eigenvalue weighted by molar-refractivity contribution is 6.31. The summed E-state index contributed by atoms with van der Waals surface area (Å²) < 4.78 is 5.34. The first-order valence-corrected chi connectivity index (χ1v) is 9.07. The summed E-state index contributed by atoms with van der Waals surface area (Å²) in [5, 5.41) is 6.76. The number of amides is 1. The molecule has 1 aliphatic heterocycles.